The highest BCUT2D eigenvalue weighted by molar-refractivity contribution is 5.91. The monoisotopic (exact) mass is 367 g/mol. The molecule has 1 saturated heterocycles. The van der Waals surface area contributed by atoms with Gasteiger partial charge in [-0.25, -0.2) is 0 Å². The molecule has 0 atom stereocenters. The molecule has 0 bridgehead atoms. The highest BCUT2D eigenvalue weighted by Crippen LogP contribution is 2.20. The van der Waals surface area contributed by atoms with Crippen LogP contribution in [0, 0.1) is 13.8 Å². The minimum atomic E-state index is 0.0327. The zero-order chi connectivity index (χ0) is 19.2. The molecule has 2 aromatic rings. The molecule has 1 aliphatic rings. The predicted molar refractivity (Wildman–Crippen MR) is 112 cm³/mol. The van der Waals surface area contributed by atoms with E-state index in [1.54, 1.807) is 0 Å². The zero-order valence-electron chi connectivity index (χ0n) is 16.5. The second-order valence-electron chi connectivity index (χ2n) is 7.21. The molecule has 3 rings (SSSR count). The molecule has 0 spiro atoms. The van der Waals surface area contributed by atoms with Gasteiger partial charge in [-0.1, -0.05) is 6.07 Å². The number of hydrogen-bond acceptors (Lipinski definition) is 4. The van der Waals surface area contributed by atoms with Crippen molar-refractivity contribution < 1.29 is 9.53 Å². The molecule has 1 N–H and O–H groups in total. The van der Waals surface area contributed by atoms with E-state index in [2.05, 4.69) is 59.3 Å². The number of anilines is 3. The van der Waals surface area contributed by atoms with E-state index in [9.17, 15) is 4.79 Å². The van der Waals surface area contributed by atoms with Crippen LogP contribution in [0.3, 0.4) is 0 Å². The van der Waals surface area contributed by atoms with Crippen LogP contribution in [0.2, 0.25) is 0 Å². The minimum absolute atomic E-state index is 0.0327. The first-order valence-electron chi connectivity index (χ1n) is 9.53. The minimum Gasteiger partial charge on any atom is -0.378 e. The fraction of sp³-hybridized carbons (Fsp3) is 0.409. The first-order chi connectivity index (χ1) is 13.0. The lowest BCUT2D eigenvalue weighted by molar-refractivity contribution is -0.116. The normalized spacial score (nSPS) is 14.1. The number of morpholine rings is 1. The number of rotatable bonds is 6. The molecular formula is C22H29N3O2. The lowest BCUT2D eigenvalue weighted by Crippen LogP contribution is -2.36. The summed E-state index contributed by atoms with van der Waals surface area (Å²) < 4.78 is 5.39. The van der Waals surface area contributed by atoms with Gasteiger partial charge in [0.15, 0.2) is 0 Å². The van der Waals surface area contributed by atoms with E-state index in [0.717, 1.165) is 37.7 Å². The number of nitrogens with one attached hydrogen (secondary N) is 1. The summed E-state index contributed by atoms with van der Waals surface area (Å²) in [6.45, 7) is 8.24. The van der Waals surface area contributed by atoms with Crippen molar-refractivity contribution in [3.8, 4) is 0 Å². The van der Waals surface area contributed by atoms with Crippen molar-refractivity contribution in [2.75, 3.05) is 55.0 Å². The molecule has 0 aromatic heterocycles. The van der Waals surface area contributed by atoms with E-state index in [1.165, 1.54) is 16.8 Å². The van der Waals surface area contributed by atoms with E-state index >= 15 is 0 Å². The van der Waals surface area contributed by atoms with Crippen molar-refractivity contribution in [1.29, 1.82) is 0 Å². The lowest BCUT2D eigenvalue weighted by Gasteiger charge is -2.28. The molecule has 1 amide bonds. The Morgan fingerprint density at radius 3 is 2.33 bits per heavy atom. The number of nitrogens with zero attached hydrogens (tertiary/aromatic N) is 2. The second kappa shape index (κ2) is 8.91. The zero-order valence-corrected chi connectivity index (χ0v) is 16.5. The van der Waals surface area contributed by atoms with Crippen LogP contribution in [0.5, 0.6) is 0 Å². The third kappa shape index (κ3) is 5.47. The Kier molecular flexibility index (Phi) is 6.35. The number of carbonyl (C=O) groups excluding carboxylic acids is 1. The fourth-order valence-electron chi connectivity index (χ4n) is 3.37. The first kappa shape index (κ1) is 19.2. The molecule has 1 aliphatic heterocycles. The van der Waals surface area contributed by atoms with Gasteiger partial charge in [0, 0.05) is 50.2 Å². The Hall–Kier alpha value is -2.53. The van der Waals surface area contributed by atoms with Gasteiger partial charge in [0.25, 0.3) is 0 Å². The number of aryl methyl sites for hydroxylation is 2. The fourth-order valence-corrected chi connectivity index (χ4v) is 3.37. The van der Waals surface area contributed by atoms with Crippen molar-refractivity contribution in [2.24, 2.45) is 0 Å². The molecule has 5 heteroatoms. The van der Waals surface area contributed by atoms with Gasteiger partial charge in [-0.15, -0.1) is 0 Å². The quantitative estimate of drug-likeness (QED) is 0.847. The largest absolute Gasteiger partial charge is 0.378 e. The van der Waals surface area contributed by atoms with E-state index in [4.69, 9.17) is 4.74 Å². The Balaban J connectivity index is 1.50. The highest BCUT2D eigenvalue weighted by Gasteiger charge is 2.11. The SMILES string of the molecule is Cc1cc(C)cc(N(C)CCC(=O)Nc2ccc(N3CCOCC3)cc2)c1. The molecule has 144 valence electrons. The second-order valence-corrected chi connectivity index (χ2v) is 7.21. The van der Waals surface area contributed by atoms with Crippen molar-refractivity contribution in [3.05, 3.63) is 53.6 Å². The van der Waals surface area contributed by atoms with Gasteiger partial charge in [-0.05, 0) is 61.4 Å². The summed E-state index contributed by atoms with van der Waals surface area (Å²) in [6.07, 6.45) is 0.453. The molecule has 0 saturated carbocycles. The predicted octanol–water partition coefficient (Wildman–Crippen LogP) is 3.61. The van der Waals surface area contributed by atoms with Crippen LogP contribution in [0.1, 0.15) is 17.5 Å². The molecule has 27 heavy (non-hydrogen) atoms. The van der Waals surface area contributed by atoms with Crippen LogP contribution in [-0.2, 0) is 9.53 Å². The van der Waals surface area contributed by atoms with Gasteiger partial charge in [0.05, 0.1) is 13.2 Å². The van der Waals surface area contributed by atoms with Crippen molar-refractivity contribution in [3.63, 3.8) is 0 Å². The molecule has 2 aromatic carbocycles. The van der Waals surface area contributed by atoms with Crippen LogP contribution < -0.4 is 15.1 Å². The molecule has 5 nitrogen and oxygen atoms in total. The van der Waals surface area contributed by atoms with Crippen molar-refractivity contribution in [1.82, 2.24) is 0 Å². The maximum atomic E-state index is 12.3. The van der Waals surface area contributed by atoms with Gasteiger partial charge < -0.3 is 19.9 Å². The first-order valence-corrected chi connectivity index (χ1v) is 9.53. The van der Waals surface area contributed by atoms with Gasteiger partial charge in [0.2, 0.25) is 5.91 Å². The van der Waals surface area contributed by atoms with Gasteiger partial charge in [0.1, 0.15) is 0 Å². The molecular weight excluding hydrogens is 338 g/mol. The van der Waals surface area contributed by atoms with Crippen LogP contribution in [0.25, 0.3) is 0 Å². The summed E-state index contributed by atoms with van der Waals surface area (Å²) in [5.74, 6) is 0.0327. The highest BCUT2D eigenvalue weighted by atomic mass is 16.5. The van der Waals surface area contributed by atoms with Crippen LogP contribution in [0.4, 0.5) is 17.1 Å². The van der Waals surface area contributed by atoms with Gasteiger partial charge in [-0.2, -0.15) is 0 Å². The topological polar surface area (TPSA) is 44.8 Å². The summed E-state index contributed by atoms with van der Waals surface area (Å²) in [7, 11) is 2.03. The smallest absolute Gasteiger partial charge is 0.226 e. The van der Waals surface area contributed by atoms with E-state index in [1.807, 2.05) is 19.2 Å². The van der Waals surface area contributed by atoms with Gasteiger partial charge >= 0.3 is 0 Å². The Morgan fingerprint density at radius 2 is 1.70 bits per heavy atom. The maximum absolute atomic E-state index is 12.3. The summed E-state index contributed by atoms with van der Waals surface area (Å²) in [4.78, 5) is 16.7. The third-order valence-corrected chi connectivity index (χ3v) is 4.85. The summed E-state index contributed by atoms with van der Waals surface area (Å²) >= 11 is 0. The van der Waals surface area contributed by atoms with Crippen LogP contribution >= 0.6 is 0 Å². The average molecular weight is 367 g/mol. The van der Waals surface area contributed by atoms with Gasteiger partial charge in [-0.3, -0.25) is 4.79 Å². The molecule has 1 heterocycles. The molecule has 0 aliphatic carbocycles. The molecule has 0 unspecified atom stereocenters. The third-order valence-electron chi connectivity index (χ3n) is 4.85. The summed E-state index contributed by atoms with van der Waals surface area (Å²) in [6, 6.07) is 14.5. The molecule has 0 radical (unpaired) electrons. The van der Waals surface area contributed by atoms with Crippen molar-refractivity contribution >= 4 is 23.0 Å². The number of carbonyl (C=O) groups is 1. The lowest BCUT2D eigenvalue weighted by atomic mass is 10.1. The standard InChI is InChI=1S/C22H29N3O2/c1-17-14-18(2)16-21(15-17)24(3)9-8-22(26)23-19-4-6-20(7-5-19)25-10-12-27-13-11-25/h4-7,14-16H,8-13H2,1-3H3,(H,23,26). The summed E-state index contributed by atoms with van der Waals surface area (Å²) in [5, 5.41) is 2.99. The van der Waals surface area contributed by atoms with E-state index in [0.29, 0.717) is 13.0 Å². The van der Waals surface area contributed by atoms with Crippen LogP contribution in [0.15, 0.2) is 42.5 Å². The van der Waals surface area contributed by atoms with Crippen molar-refractivity contribution in [2.45, 2.75) is 20.3 Å². The number of benzene rings is 2. The average Bonchev–Trinajstić information content (AvgIpc) is 2.66. The number of amides is 1. The number of ether oxygens (including phenoxy) is 1. The Morgan fingerprint density at radius 1 is 1.07 bits per heavy atom. The van der Waals surface area contributed by atoms with E-state index in [-0.39, 0.29) is 5.91 Å². The number of hydrogen-bond donors (Lipinski definition) is 1. The Labute approximate surface area is 161 Å². The van der Waals surface area contributed by atoms with Crippen LogP contribution in [-0.4, -0.2) is 45.8 Å². The molecule has 1 fully saturated rings. The van der Waals surface area contributed by atoms with E-state index < -0.39 is 0 Å². The Bertz CT molecular complexity index is 747. The summed E-state index contributed by atoms with van der Waals surface area (Å²) in [5.41, 5.74) is 5.63. The maximum Gasteiger partial charge on any atom is 0.226 e.